The Hall–Kier alpha value is -5.97. The van der Waals surface area contributed by atoms with Gasteiger partial charge in [-0.05, 0) is 83.0 Å². The largest absolute Gasteiger partial charge is 0.417 e. The summed E-state index contributed by atoms with van der Waals surface area (Å²) in [7, 11) is 0. The van der Waals surface area contributed by atoms with Crippen molar-refractivity contribution in [2.75, 3.05) is 0 Å². The van der Waals surface area contributed by atoms with Crippen LogP contribution in [0.3, 0.4) is 0 Å². The van der Waals surface area contributed by atoms with Crippen LogP contribution in [0.5, 0.6) is 0 Å². The summed E-state index contributed by atoms with van der Waals surface area (Å²) in [6, 6.07) is 54.7. The number of rotatable bonds is 3. The summed E-state index contributed by atoms with van der Waals surface area (Å²) in [5.74, 6) is 0. The van der Waals surface area contributed by atoms with Crippen LogP contribution in [0.1, 0.15) is 5.56 Å². The molecule has 0 aliphatic carbocycles. The molecule has 0 saturated heterocycles. The Bertz CT molecular complexity index is 2890. The summed E-state index contributed by atoms with van der Waals surface area (Å²) in [6.07, 6.45) is -4.49. The van der Waals surface area contributed by atoms with E-state index < -0.39 is 11.7 Å². The van der Waals surface area contributed by atoms with Crippen LogP contribution in [0.4, 0.5) is 13.2 Å². The molecule has 242 valence electrons. The van der Waals surface area contributed by atoms with Crippen molar-refractivity contribution < 1.29 is 13.2 Å². The van der Waals surface area contributed by atoms with E-state index >= 15 is 0 Å². The fourth-order valence-corrected chi connectivity index (χ4v) is 9.43. The van der Waals surface area contributed by atoms with Crippen molar-refractivity contribution in [3.63, 3.8) is 0 Å². The number of halogens is 3. The average Bonchev–Trinajstić information content (AvgIpc) is 3.54. The maximum absolute atomic E-state index is 14.6. The second kappa shape index (κ2) is 11.3. The van der Waals surface area contributed by atoms with Gasteiger partial charge in [0.2, 0.25) is 0 Å². The van der Waals surface area contributed by atoms with Crippen molar-refractivity contribution in [2.24, 2.45) is 0 Å². The number of hydrogen-bond donors (Lipinski definition) is 0. The normalized spacial score (nSPS) is 12.2. The fourth-order valence-electron chi connectivity index (χ4n) is 8.23. The Balaban J connectivity index is 1.26. The molecule has 0 bridgehead atoms. The summed E-state index contributed by atoms with van der Waals surface area (Å²) in [5.41, 5.74) is 5.94. The maximum atomic E-state index is 14.6. The van der Waals surface area contributed by atoms with E-state index in [0.29, 0.717) is 10.8 Å². The zero-order chi connectivity index (χ0) is 34.3. The minimum atomic E-state index is -4.49. The first kappa shape index (κ1) is 29.9. The predicted molar refractivity (Wildman–Crippen MR) is 211 cm³/mol. The SMILES string of the molecule is FC(F)(F)c1c2ccccc2c(-c2ccc3sc4c(-c5c6ccccc6c(-c6ccccc6)c6ccccc56)cccc4c3c2)c2ccccc12. The van der Waals surface area contributed by atoms with Gasteiger partial charge in [-0.3, -0.25) is 0 Å². The van der Waals surface area contributed by atoms with Gasteiger partial charge in [0, 0.05) is 25.7 Å². The second-order valence-corrected chi connectivity index (χ2v) is 14.1. The molecule has 10 aromatic rings. The van der Waals surface area contributed by atoms with E-state index in [4.69, 9.17) is 0 Å². The van der Waals surface area contributed by atoms with E-state index in [2.05, 4.69) is 115 Å². The number of thiophene rings is 1. The van der Waals surface area contributed by atoms with E-state index in [-0.39, 0.29) is 10.8 Å². The molecular weight excluding hydrogens is 654 g/mol. The van der Waals surface area contributed by atoms with Gasteiger partial charge in [-0.1, -0.05) is 152 Å². The Morgan fingerprint density at radius 2 is 0.804 bits per heavy atom. The molecule has 1 heterocycles. The molecule has 10 rings (SSSR count). The Morgan fingerprint density at radius 1 is 0.353 bits per heavy atom. The first-order valence-electron chi connectivity index (χ1n) is 16.9. The van der Waals surface area contributed by atoms with Gasteiger partial charge in [-0.15, -0.1) is 11.3 Å². The highest BCUT2D eigenvalue weighted by atomic mass is 32.1. The van der Waals surface area contributed by atoms with Crippen LogP contribution in [0, 0.1) is 0 Å². The molecule has 9 aromatic carbocycles. The number of benzene rings is 9. The van der Waals surface area contributed by atoms with E-state index in [1.165, 1.54) is 48.5 Å². The first-order chi connectivity index (χ1) is 25.0. The zero-order valence-corrected chi connectivity index (χ0v) is 27.9. The standard InChI is InChI=1S/C47H27F3S/c48-47(49,50)45-36-21-10-8-19-34(36)43(35-20-9-11-22-37(35)45)29-25-26-41-40(27-29)38-23-12-24-39(46(38)51-41)44-32-17-6-4-15-30(32)42(28-13-2-1-3-14-28)31-16-5-7-18-33(31)44/h1-27H. The summed E-state index contributed by atoms with van der Waals surface area (Å²) in [5, 5.41) is 8.67. The van der Waals surface area contributed by atoms with Crippen LogP contribution in [-0.2, 0) is 6.18 Å². The van der Waals surface area contributed by atoms with Gasteiger partial charge in [-0.2, -0.15) is 13.2 Å². The number of hydrogen-bond acceptors (Lipinski definition) is 1. The first-order valence-corrected chi connectivity index (χ1v) is 17.7. The molecule has 0 saturated carbocycles. The van der Waals surface area contributed by atoms with Crippen molar-refractivity contribution >= 4 is 74.6 Å². The van der Waals surface area contributed by atoms with Gasteiger partial charge < -0.3 is 0 Å². The number of alkyl halides is 3. The van der Waals surface area contributed by atoms with Crippen LogP contribution >= 0.6 is 11.3 Å². The molecule has 1 aromatic heterocycles. The summed E-state index contributed by atoms with van der Waals surface area (Å²) < 4.78 is 46.1. The van der Waals surface area contributed by atoms with E-state index in [9.17, 15) is 13.2 Å². The lowest BCUT2D eigenvalue weighted by Gasteiger charge is -2.19. The van der Waals surface area contributed by atoms with Crippen LogP contribution < -0.4 is 0 Å². The molecule has 0 fully saturated rings. The second-order valence-electron chi connectivity index (χ2n) is 13.0. The van der Waals surface area contributed by atoms with Crippen LogP contribution in [-0.4, -0.2) is 0 Å². The lowest BCUT2D eigenvalue weighted by atomic mass is 9.85. The lowest BCUT2D eigenvalue weighted by molar-refractivity contribution is -0.135. The lowest BCUT2D eigenvalue weighted by Crippen LogP contribution is -2.07. The summed E-state index contributed by atoms with van der Waals surface area (Å²) in [6.45, 7) is 0. The smallest absolute Gasteiger partial charge is 0.166 e. The van der Waals surface area contributed by atoms with Gasteiger partial charge in [-0.25, -0.2) is 0 Å². The van der Waals surface area contributed by atoms with Crippen molar-refractivity contribution in [3.05, 3.63) is 169 Å². The molecule has 0 spiro atoms. The summed E-state index contributed by atoms with van der Waals surface area (Å²) in [4.78, 5) is 0. The highest BCUT2D eigenvalue weighted by molar-refractivity contribution is 7.26. The molecule has 0 aliphatic heterocycles. The quantitative estimate of drug-likeness (QED) is 0.163. The predicted octanol–water partition coefficient (Wildman–Crippen LogP) is 14.7. The third-order valence-corrected chi connectivity index (χ3v) is 11.5. The van der Waals surface area contributed by atoms with Gasteiger partial charge in [0.25, 0.3) is 0 Å². The Labute approximate surface area is 295 Å². The minimum Gasteiger partial charge on any atom is -0.166 e. The van der Waals surface area contributed by atoms with E-state index in [1.807, 2.05) is 24.3 Å². The van der Waals surface area contributed by atoms with Crippen molar-refractivity contribution in [2.45, 2.75) is 6.18 Å². The molecule has 0 aliphatic rings. The van der Waals surface area contributed by atoms with Crippen molar-refractivity contribution in [1.82, 2.24) is 0 Å². The summed E-state index contributed by atoms with van der Waals surface area (Å²) >= 11 is 1.77. The van der Waals surface area contributed by atoms with Crippen molar-refractivity contribution in [3.8, 4) is 33.4 Å². The number of fused-ring (bicyclic) bond motifs is 7. The van der Waals surface area contributed by atoms with E-state index in [0.717, 1.165) is 26.6 Å². The molecule has 51 heavy (non-hydrogen) atoms. The zero-order valence-electron chi connectivity index (χ0n) is 27.1. The fraction of sp³-hybridized carbons (Fsp3) is 0.0213. The van der Waals surface area contributed by atoms with Gasteiger partial charge in [0.15, 0.2) is 0 Å². The molecule has 0 N–H and O–H groups in total. The molecule has 0 unspecified atom stereocenters. The average molecular weight is 681 g/mol. The topological polar surface area (TPSA) is 0 Å². The Morgan fingerprint density at radius 3 is 1.35 bits per heavy atom. The Kier molecular flexibility index (Phi) is 6.61. The molecule has 0 amide bonds. The highest BCUT2D eigenvalue weighted by Crippen LogP contribution is 2.50. The minimum absolute atomic E-state index is 0.217. The van der Waals surface area contributed by atoms with Crippen LogP contribution in [0.15, 0.2) is 164 Å². The van der Waals surface area contributed by atoms with Crippen LogP contribution in [0.2, 0.25) is 0 Å². The molecule has 0 atom stereocenters. The third-order valence-electron chi connectivity index (χ3n) is 10.3. The molecule has 0 radical (unpaired) electrons. The highest BCUT2D eigenvalue weighted by Gasteiger charge is 2.35. The maximum Gasteiger partial charge on any atom is 0.417 e. The van der Waals surface area contributed by atoms with Crippen LogP contribution in [0.25, 0.3) is 96.6 Å². The van der Waals surface area contributed by atoms with Gasteiger partial charge in [0.05, 0.1) is 5.56 Å². The monoisotopic (exact) mass is 680 g/mol. The van der Waals surface area contributed by atoms with Gasteiger partial charge >= 0.3 is 6.18 Å². The molecule has 4 heteroatoms. The molecule has 0 nitrogen and oxygen atoms in total. The van der Waals surface area contributed by atoms with Crippen molar-refractivity contribution in [1.29, 1.82) is 0 Å². The third kappa shape index (κ3) is 4.53. The molecular formula is C47H27F3S. The van der Waals surface area contributed by atoms with Gasteiger partial charge in [0.1, 0.15) is 0 Å². The van der Waals surface area contributed by atoms with E-state index in [1.54, 1.807) is 35.6 Å².